The van der Waals surface area contributed by atoms with Crippen molar-refractivity contribution in [3.63, 3.8) is 0 Å². The maximum Gasteiger partial charge on any atom is 0.416 e. The molecule has 0 atom stereocenters. The molecule has 1 N–H and O–H groups in total. The SMILES string of the molecule is O=C(Cl)c1cccc(CNCc2ccc(C(F)(F)F)cc2)c1. The molecule has 0 saturated carbocycles. The van der Waals surface area contributed by atoms with E-state index in [1.807, 2.05) is 6.07 Å². The van der Waals surface area contributed by atoms with E-state index in [1.54, 1.807) is 18.2 Å². The van der Waals surface area contributed by atoms with Crippen molar-refractivity contribution < 1.29 is 18.0 Å². The van der Waals surface area contributed by atoms with Gasteiger partial charge in [-0.1, -0.05) is 30.3 Å². The quantitative estimate of drug-likeness (QED) is 0.826. The second kappa shape index (κ2) is 6.94. The largest absolute Gasteiger partial charge is 0.416 e. The van der Waals surface area contributed by atoms with Crippen LogP contribution in [0.25, 0.3) is 0 Å². The van der Waals surface area contributed by atoms with Gasteiger partial charge in [-0.3, -0.25) is 4.79 Å². The van der Waals surface area contributed by atoms with Crippen molar-refractivity contribution in [1.82, 2.24) is 5.32 Å². The van der Waals surface area contributed by atoms with Crippen LogP contribution in [0.2, 0.25) is 0 Å². The number of alkyl halides is 3. The highest BCUT2D eigenvalue weighted by molar-refractivity contribution is 6.67. The van der Waals surface area contributed by atoms with Gasteiger partial charge in [0.1, 0.15) is 0 Å². The van der Waals surface area contributed by atoms with Gasteiger partial charge in [-0.15, -0.1) is 0 Å². The molecule has 0 bridgehead atoms. The number of nitrogens with one attached hydrogen (secondary N) is 1. The lowest BCUT2D eigenvalue weighted by atomic mass is 10.1. The molecule has 22 heavy (non-hydrogen) atoms. The van der Waals surface area contributed by atoms with E-state index < -0.39 is 17.0 Å². The smallest absolute Gasteiger partial charge is 0.309 e. The zero-order chi connectivity index (χ0) is 16.2. The zero-order valence-corrected chi connectivity index (χ0v) is 12.2. The lowest BCUT2D eigenvalue weighted by molar-refractivity contribution is -0.137. The Balaban J connectivity index is 1.91. The van der Waals surface area contributed by atoms with Gasteiger partial charge in [-0.2, -0.15) is 13.2 Å². The minimum Gasteiger partial charge on any atom is -0.309 e. The van der Waals surface area contributed by atoms with Crippen LogP contribution in [0.15, 0.2) is 48.5 Å². The first kappa shape index (κ1) is 16.5. The Morgan fingerprint density at radius 1 is 1.00 bits per heavy atom. The van der Waals surface area contributed by atoms with E-state index in [0.29, 0.717) is 18.7 Å². The first-order valence-corrected chi connectivity index (χ1v) is 6.89. The van der Waals surface area contributed by atoms with Crippen molar-refractivity contribution in [2.75, 3.05) is 0 Å². The fourth-order valence-corrected chi connectivity index (χ4v) is 2.08. The molecular formula is C16H13ClF3NO. The number of rotatable bonds is 5. The van der Waals surface area contributed by atoms with Crippen LogP contribution < -0.4 is 5.32 Å². The molecule has 0 radical (unpaired) electrons. The normalized spacial score (nSPS) is 11.5. The second-order valence-corrected chi connectivity index (χ2v) is 5.12. The van der Waals surface area contributed by atoms with Crippen molar-refractivity contribution in [3.05, 3.63) is 70.8 Å². The Morgan fingerprint density at radius 2 is 1.64 bits per heavy atom. The lowest BCUT2D eigenvalue weighted by Gasteiger charge is -2.09. The average Bonchev–Trinajstić information content (AvgIpc) is 2.47. The molecule has 0 aliphatic heterocycles. The highest BCUT2D eigenvalue weighted by Crippen LogP contribution is 2.29. The standard InChI is InChI=1S/C16H13ClF3NO/c17-15(22)13-3-1-2-12(8-13)10-21-9-11-4-6-14(7-5-11)16(18,19)20/h1-8,21H,9-10H2. The number of halogens is 4. The molecule has 0 fully saturated rings. The summed E-state index contributed by atoms with van der Waals surface area (Å²) in [6.07, 6.45) is -4.32. The average molecular weight is 328 g/mol. The van der Waals surface area contributed by atoms with Gasteiger partial charge in [-0.05, 0) is 40.9 Å². The maximum absolute atomic E-state index is 12.4. The monoisotopic (exact) mass is 327 g/mol. The second-order valence-electron chi connectivity index (χ2n) is 4.77. The molecule has 0 heterocycles. The third-order valence-corrected chi connectivity index (χ3v) is 3.31. The van der Waals surface area contributed by atoms with Crippen LogP contribution in [0.3, 0.4) is 0 Å². The van der Waals surface area contributed by atoms with E-state index in [0.717, 1.165) is 23.3 Å². The molecule has 2 aromatic rings. The summed E-state index contributed by atoms with van der Waals surface area (Å²) in [4.78, 5) is 11.1. The summed E-state index contributed by atoms with van der Waals surface area (Å²) in [5, 5.41) is 2.58. The number of benzene rings is 2. The highest BCUT2D eigenvalue weighted by atomic mass is 35.5. The molecule has 116 valence electrons. The predicted molar refractivity (Wildman–Crippen MR) is 78.6 cm³/mol. The van der Waals surface area contributed by atoms with Gasteiger partial charge < -0.3 is 5.32 Å². The molecule has 0 aliphatic carbocycles. The van der Waals surface area contributed by atoms with Crippen LogP contribution in [0, 0.1) is 0 Å². The summed E-state index contributed by atoms with van der Waals surface area (Å²) in [6, 6.07) is 11.9. The van der Waals surface area contributed by atoms with Gasteiger partial charge in [0, 0.05) is 18.7 Å². The van der Waals surface area contributed by atoms with Crippen LogP contribution in [0.5, 0.6) is 0 Å². The van der Waals surface area contributed by atoms with Crippen molar-refractivity contribution in [3.8, 4) is 0 Å². The molecular weight excluding hydrogens is 315 g/mol. The van der Waals surface area contributed by atoms with Gasteiger partial charge >= 0.3 is 6.18 Å². The molecule has 0 unspecified atom stereocenters. The number of hydrogen-bond donors (Lipinski definition) is 1. The van der Waals surface area contributed by atoms with Crippen molar-refractivity contribution in [1.29, 1.82) is 0 Å². The van der Waals surface area contributed by atoms with Gasteiger partial charge in [0.05, 0.1) is 5.56 Å². The number of hydrogen-bond acceptors (Lipinski definition) is 2. The molecule has 0 spiro atoms. The van der Waals surface area contributed by atoms with E-state index in [-0.39, 0.29) is 0 Å². The van der Waals surface area contributed by atoms with Gasteiger partial charge in [0.15, 0.2) is 0 Å². The predicted octanol–water partition coefficient (Wildman–Crippen LogP) is 4.37. The summed E-state index contributed by atoms with van der Waals surface area (Å²) in [7, 11) is 0. The maximum atomic E-state index is 12.4. The Labute approximate surface area is 130 Å². The van der Waals surface area contributed by atoms with Crippen molar-refractivity contribution in [2.45, 2.75) is 19.3 Å². The molecule has 2 rings (SSSR count). The molecule has 2 nitrogen and oxygen atoms in total. The third-order valence-electron chi connectivity index (χ3n) is 3.09. The fraction of sp³-hybridized carbons (Fsp3) is 0.188. The van der Waals surface area contributed by atoms with Crippen LogP contribution >= 0.6 is 11.6 Å². The van der Waals surface area contributed by atoms with E-state index in [1.165, 1.54) is 12.1 Å². The van der Waals surface area contributed by atoms with Crippen LogP contribution in [0.4, 0.5) is 13.2 Å². The van der Waals surface area contributed by atoms with Crippen molar-refractivity contribution >= 4 is 16.8 Å². The molecule has 0 amide bonds. The molecule has 6 heteroatoms. The molecule has 0 saturated heterocycles. The summed E-state index contributed by atoms with van der Waals surface area (Å²) in [5.41, 5.74) is 1.37. The molecule has 2 aromatic carbocycles. The Bertz CT molecular complexity index is 653. The van der Waals surface area contributed by atoms with Crippen LogP contribution in [0.1, 0.15) is 27.0 Å². The van der Waals surface area contributed by atoms with E-state index in [9.17, 15) is 18.0 Å². The van der Waals surface area contributed by atoms with Crippen LogP contribution in [-0.4, -0.2) is 5.24 Å². The Morgan fingerprint density at radius 3 is 2.23 bits per heavy atom. The fourth-order valence-electron chi connectivity index (χ4n) is 1.97. The summed E-state index contributed by atoms with van der Waals surface area (Å²) in [5.74, 6) is 0. The summed E-state index contributed by atoms with van der Waals surface area (Å²) >= 11 is 5.41. The topological polar surface area (TPSA) is 29.1 Å². The first-order chi connectivity index (χ1) is 10.4. The highest BCUT2D eigenvalue weighted by Gasteiger charge is 2.29. The number of carbonyl (C=O) groups is 1. The van der Waals surface area contributed by atoms with E-state index in [4.69, 9.17) is 11.6 Å². The van der Waals surface area contributed by atoms with E-state index in [2.05, 4.69) is 5.32 Å². The lowest BCUT2D eigenvalue weighted by Crippen LogP contribution is -2.13. The number of carbonyl (C=O) groups excluding carboxylic acids is 1. The van der Waals surface area contributed by atoms with E-state index >= 15 is 0 Å². The summed E-state index contributed by atoms with van der Waals surface area (Å²) < 4.78 is 37.3. The van der Waals surface area contributed by atoms with Gasteiger partial charge in [0.2, 0.25) is 0 Å². The third kappa shape index (κ3) is 4.58. The van der Waals surface area contributed by atoms with Gasteiger partial charge in [0.25, 0.3) is 5.24 Å². The minimum absolute atomic E-state index is 0.412. The molecule has 0 aromatic heterocycles. The van der Waals surface area contributed by atoms with Gasteiger partial charge in [-0.25, -0.2) is 0 Å². The molecule has 0 aliphatic rings. The summed E-state index contributed by atoms with van der Waals surface area (Å²) in [6.45, 7) is 0.913. The minimum atomic E-state index is -4.32. The Kier molecular flexibility index (Phi) is 5.21. The zero-order valence-electron chi connectivity index (χ0n) is 11.5. The van der Waals surface area contributed by atoms with Crippen LogP contribution in [-0.2, 0) is 19.3 Å². The van der Waals surface area contributed by atoms with Crippen molar-refractivity contribution in [2.24, 2.45) is 0 Å². The Hall–Kier alpha value is -1.85. The first-order valence-electron chi connectivity index (χ1n) is 6.52.